The molecule has 1 aliphatic carbocycles. The minimum atomic E-state index is -0.413. The number of benzene rings is 3. The number of carbonyl (C=O) groups excluding carboxylic acids is 2. The fraction of sp³-hybridized carbons (Fsp3) is 0.276. The number of amidine groups is 1. The van der Waals surface area contributed by atoms with Crippen molar-refractivity contribution >= 4 is 17.7 Å². The second-order valence-electron chi connectivity index (χ2n) is 9.08. The fourth-order valence-electron chi connectivity index (χ4n) is 4.34. The number of carbonyl (C=O) groups is 2. The average molecular weight is 517 g/mol. The molecule has 38 heavy (non-hydrogen) atoms. The quantitative estimate of drug-likeness (QED) is 0.0866. The number of nitrogens with zero attached hydrogens (tertiary/aromatic N) is 1. The van der Waals surface area contributed by atoms with E-state index in [0.717, 1.165) is 32.1 Å². The molecule has 3 aromatic rings. The van der Waals surface area contributed by atoms with Crippen molar-refractivity contribution in [3.05, 3.63) is 83.4 Å². The summed E-state index contributed by atoms with van der Waals surface area (Å²) in [5.41, 5.74) is 6.85. The van der Waals surface area contributed by atoms with Gasteiger partial charge in [0.2, 0.25) is 0 Å². The molecule has 1 amide bonds. The maximum atomic E-state index is 13.4. The van der Waals surface area contributed by atoms with Crippen molar-refractivity contribution in [2.75, 3.05) is 6.61 Å². The number of esters is 1. The number of nitrogen functional groups attached to an aromatic ring is 1. The number of amides is 1. The van der Waals surface area contributed by atoms with Gasteiger partial charge in [0.15, 0.2) is 0 Å². The van der Waals surface area contributed by atoms with E-state index in [4.69, 9.17) is 31.2 Å². The van der Waals surface area contributed by atoms with Gasteiger partial charge in [0.25, 0.3) is 5.91 Å². The summed E-state index contributed by atoms with van der Waals surface area (Å²) in [6, 6.07) is 18.2. The zero-order valence-corrected chi connectivity index (χ0v) is 21.3. The van der Waals surface area contributed by atoms with E-state index in [2.05, 4.69) is 0 Å². The molecule has 9 nitrogen and oxygen atoms in total. The molecule has 0 unspecified atom stereocenters. The first kappa shape index (κ1) is 26.7. The van der Waals surface area contributed by atoms with Crippen LogP contribution < -0.4 is 21.1 Å². The molecule has 1 fully saturated rings. The standard InChI is InChI=1S/C29H32N4O5/c1-2-36-29(35)20-10-14-24(15-11-20)38-26-17-21(28(34)33(32)22-6-4-3-5-7-22)16-25(18-26)37-23-12-8-19(9-13-23)27(30)31/h8-18,22H,2-7,32H2,1H3,(H3,30,31). The maximum Gasteiger partial charge on any atom is 0.338 e. The van der Waals surface area contributed by atoms with Crippen molar-refractivity contribution in [3.63, 3.8) is 0 Å². The van der Waals surface area contributed by atoms with Crippen LogP contribution in [0.1, 0.15) is 65.3 Å². The Bertz CT molecular complexity index is 1290. The summed E-state index contributed by atoms with van der Waals surface area (Å²) in [5.74, 6) is 7.21. The molecule has 4 rings (SSSR count). The van der Waals surface area contributed by atoms with Gasteiger partial charge in [-0.25, -0.2) is 10.6 Å². The molecular weight excluding hydrogens is 484 g/mol. The molecule has 1 saturated carbocycles. The predicted molar refractivity (Wildman–Crippen MR) is 144 cm³/mol. The van der Waals surface area contributed by atoms with E-state index in [1.165, 1.54) is 5.01 Å². The first-order valence-corrected chi connectivity index (χ1v) is 12.6. The normalized spacial score (nSPS) is 13.4. The zero-order valence-electron chi connectivity index (χ0n) is 21.3. The molecule has 0 bridgehead atoms. The van der Waals surface area contributed by atoms with Crippen molar-refractivity contribution in [2.45, 2.75) is 45.1 Å². The Balaban J connectivity index is 1.60. The second kappa shape index (κ2) is 12.2. The highest BCUT2D eigenvalue weighted by atomic mass is 16.5. The Morgan fingerprint density at radius 1 is 0.816 bits per heavy atom. The highest BCUT2D eigenvalue weighted by Crippen LogP contribution is 2.32. The van der Waals surface area contributed by atoms with Crippen LogP contribution in [0.25, 0.3) is 0 Å². The summed E-state index contributed by atoms with van der Waals surface area (Å²) in [7, 11) is 0. The van der Waals surface area contributed by atoms with E-state index in [1.54, 1.807) is 73.7 Å². The Morgan fingerprint density at radius 3 is 1.84 bits per heavy atom. The summed E-state index contributed by atoms with van der Waals surface area (Å²) < 4.78 is 17.1. The molecule has 1 aliphatic rings. The van der Waals surface area contributed by atoms with Crippen LogP contribution in [0.4, 0.5) is 0 Å². The number of hydrazine groups is 1. The van der Waals surface area contributed by atoms with Crippen LogP contribution in [-0.2, 0) is 4.74 Å². The molecule has 0 aromatic heterocycles. The summed E-state index contributed by atoms with van der Waals surface area (Å²) in [4.78, 5) is 25.3. The summed E-state index contributed by atoms with van der Waals surface area (Å²) in [6.45, 7) is 2.04. The number of nitrogens with one attached hydrogen (secondary N) is 1. The van der Waals surface area contributed by atoms with Gasteiger partial charge in [-0.1, -0.05) is 19.3 Å². The minimum Gasteiger partial charge on any atom is -0.462 e. The van der Waals surface area contributed by atoms with Crippen LogP contribution in [0, 0.1) is 5.41 Å². The van der Waals surface area contributed by atoms with E-state index < -0.39 is 5.97 Å². The lowest BCUT2D eigenvalue weighted by molar-refractivity contribution is 0.0525. The van der Waals surface area contributed by atoms with Gasteiger partial charge in [0.05, 0.1) is 12.2 Å². The summed E-state index contributed by atoms with van der Waals surface area (Å²) >= 11 is 0. The van der Waals surface area contributed by atoms with E-state index in [9.17, 15) is 9.59 Å². The molecule has 0 heterocycles. The third-order valence-corrected chi connectivity index (χ3v) is 6.33. The molecular formula is C29H32N4O5. The van der Waals surface area contributed by atoms with Crippen LogP contribution in [-0.4, -0.2) is 35.4 Å². The molecule has 0 atom stereocenters. The van der Waals surface area contributed by atoms with Crippen LogP contribution in [0.3, 0.4) is 0 Å². The monoisotopic (exact) mass is 516 g/mol. The number of rotatable bonds is 9. The largest absolute Gasteiger partial charge is 0.462 e. The lowest BCUT2D eigenvalue weighted by Gasteiger charge is -2.30. The Labute approximate surface area is 221 Å². The van der Waals surface area contributed by atoms with Crippen LogP contribution in [0.15, 0.2) is 66.7 Å². The first-order chi connectivity index (χ1) is 18.3. The van der Waals surface area contributed by atoms with Gasteiger partial charge in [0, 0.05) is 23.2 Å². The third-order valence-electron chi connectivity index (χ3n) is 6.33. The second-order valence-corrected chi connectivity index (χ2v) is 9.08. The lowest BCUT2D eigenvalue weighted by Crippen LogP contribution is -2.46. The highest BCUT2D eigenvalue weighted by Gasteiger charge is 2.25. The Morgan fingerprint density at radius 2 is 1.34 bits per heavy atom. The number of hydrogen-bond donors (Lipinski definition) is 3. The van der Waals surface area contributed by atoms with Gasteiger partial charge in [-0.15, -0.1) is 0 Å². The lowest BCUT2D eigenvalue weighted by atomic mass is 9.94. The third kappa shape index (κ3) is 6.68. The van der Waals surface area contributed by atoms with Crippen molar-refractivity contribution in [3.8, 4) is 23.0 Å². The fourth-order valence-corrected chi connectivity index (χ4v) is 4.34. The molecule has 3 aromatic carbocycles. The van der Waals surface area contributed by atoms with Crippen molar-refractivity contribution in [1.82, 2.24) is 5.01 Å². The van der Waals surface area contributed by atoms with Crippen molar-refractivity contribution < 1.29 is 23.8 Å². The minimum absolute atomic E-state index is 0.0141. The first-order valence-electron chi connectivity index (χ1n) is 12.6. The Kier molecular flexibility index (Phi) is 8.60. The van der Waals surface area contributed by atoms with Crippen LogP contribution in [0.5, 0.6) is 23.0 Å². The van der Waals surface area contributed by atoms with E-state index in [1.807, 2.05) is 0 Å². The SMILES string of the molecule is CCOC(=O)c1ccc(Oc2cc(Oc3ccc(C(=N)N)cc3)cc(C(=O)N(N)C3CCCCC3)c2)cc1. The van der Waals surface area contributed by atoms with Gasteiger partial charge < -0.3 is 19.9 Å². The van der Waals surface area contributed by atoms with E-state index in [0.29, 0.717) is 39.7 Å². The van der Waals surface area contributed by atoms with Gasteiger partial charge in [-0.2, -0.15) is 0 Å². The van der Waals surface area contributed by atoms with Gasteiger partial charge in [-0.05, 0) is 80.4 Å². The number of nitrogens with two attached hydrogens (primary N) is 2. The zero-order chi connectivity index (χ0) is 27.1. The van der Waals surface area contributed by atoms with E-state index in [-0.39, 0.29) is 24.4 Å². The van der Waals surface area contributed by atoms with Gasteiger partial charge >= 0.3 is 5.97 Å². The van der Waals surface area contributed by atoms with Crippen LogP contribution in [0.2, 0.25) is 0 Å². The molecule has 5 N–H and O–H groups in total. The van der Waals surface area contributed by atoms with Crippen molar-refractivity contribution in [2.24, 2.45) is 11.6 Å². The predicted octanol–water partition coefficient (Wildman–Crippen LogP) is 5.38. The van der Waals surface area contributed by atoms with Gasteiger partial charge in [0.1, 0.15) is 28.8 Å². The summed E-state index contributed by atoms with van der Waals surface area (Å²) in [5, 5.41) is 8.88. The smallest absolute Gasteiger partial charge is 0.338 e. The molecule has 9 heteroatoms. The molecule has 198 valence electrons. The average Bonchev–Trinajstić information content (AvgIpc) is 2.93. The summed E-state index contributed by atoms with van der Waals surface area (Å²) in [6.07, 6.45) is 4.98. The number of ether oxygens (including phenoxy) is 3. The van der Waals surface area contributed by atoms with Gasteiger partial charge in [-0.3, -0.25) is 15.2 Å². The highest BCUT2D eigenvalue weighted by molar-refractivity contribution is 5.95. The molecule has 0 spiro atoms. The molecule has 0 aliphatic heterocycles. The maximum absolute atomic E-state index is 13.4. The Hall–Kier alpha value is -4.37. The molecule has 0 radical (unpaired) electrons. The van der Waals surface area contributed by atoms with Crippen LogP contribution >= 0.6 is 0 Å². The topological polar surface area (TPSA) is 141 Å². The van der Waals surface area contributed by atoms with E-state index >= 15 is 0 Å². The number of hydrogen-bond acceptors (Lipinski definition) is 7. The van der Waals surface area contributed by atoms with Crippen molar-refractivity contribution in [1.29, 1.82) is 5.41 Å². The molecule has 0 saturated heterocycles.